The van der Waals surface area contributed by atoms with Crippen LogP contribution in [0, 0.1) is 0 Å². The first kappa shape index (κ1) is 7.27. The molecule has 44 valence electrons. The molecule has 0 bridgehead atoms. The lowest BCUT2D eigenvalue weighted by Crippen LogP contribution is -1.94. The highest BCUT2D eigenvalue weighted by Gasteiger charge is 1.80. The largest absolute Gasteiger partial charge is 0.381 e. The quantitative estimate of drug-likeness (QED) is 0.449. The van der Waals surface area contributed by atoms with Crippen molar-refractivity contribution in [1.29, 1.82) is 0 Å². The number of hydrogen-bond acceptors (Lipinski definition) is 3. The summed E-state index contributed by atoms with van der Waals surface area (Å²) in [6.45, 7) is 3.32. The van der Waals surface area contributed by atoms with Gasteiger partial charge in [0.05, 0.1) is 6.61 Å². The second-order valence-electron chi connectivity index (χ2n) is 1.03. The van der Waals surface area contributed by atoms with Gasteiger partial charge in [-0.05, 0) is 19.0 Å². The molecule has 0 aliphatic heterocycles. The topological polar surface area (TPSA) is 29.5 Å². The summed E-state index contributed by atoms with van der Waals surface area (Å²) in [7, 11) is 0. The van der Waals surface area contributed by atoms with Gasteiger partial charge in [-0.2, -0.15) is 0 Å². The zero-order chi connectivity index (χ0) is 5.54. The Morgan fingerprint density at radius 3 is 2.86 bits per heavy atom. The Morgan fingerprint density at radius 1 is 1.71 bits per heavy atom. The van der Waals surface area contributed by atoms with E-state index in [1.54, 1.807) is 0 Å². The van der Waals surface area contributed by atoms with Crippen LogP contribution in [0.1, 0.15) is 6.92 Å². The third-order valence-electron chi connectivity index (χ3n) is 0.523. The fraction of sp³-hybridized carbons (Fsp3) is 1.00. The van der Waals surface area contributed by atoms with Gasteiger partial charge in [-0.3, -0.25) is 0 Å². The molecule has 0 heterocycles. The van der Waals surface area contributed by atoms with Crippen LogP contribution in [-0.4, -0.2) is 23.5 Å². The highest BCUT2D eigenvalue weighted by atomic mass is 32.2. The third kappa shape index (κ3) is 6.27. The van der Waals surface area contributed by atoms with Gasteiger partial charge in [-0.25, -0.2) is 0 Å². The molecule has 0 aromatic carbocycles. The Bertz CT molecular complexity index is 28.9. The van der Waals surface area contributed by atoms with Crippen molar-refractivity contribution < 1.29 is 9.29 Å². The lowest BCUT2D eigenvalue weighted by Gasteiger charge is -1.93. The predicted octanol–water partition coefficient (Wildman–Crippen LogP) is 1.23. The molecule has 0 aliphatic carbocycles. The van der Waals surface area contributed by atoms with E-state index in [-0.39, 0.29) is 0 Å². The van der Waals surface area contributed by atoms with Gasteiger partial charge in [-0.15, -0.1) is 0 Å². The van der Waals surface area contributed by atoms with Crippen molar-refractivity contribution in [2.45, 2.75) is 6.92 Å². The average Bonchev–Trinajstić information content (AvgIpc) is 1.69. The molecule has 0 aliphatic rings. The fourth-order valence-corrected chi connectivity index (χ4v) is 0.433. The van der Waals surface area contributed by atoms with E-state index < -0.39 is 0 Å². The van der Waals surface area contributed by atoms with E-state index in [2.05, 4.69) is 0 Å². The lowest BCUT2D eigenvalue weighted by atomic mass is 10.8. The first-order valence-electron chi connectivity index (χ1n) is 2.26. The van der Waals surface area contributed by atoms with Gasteiger partial charge in [0.2, 0.25) is 0 Å². The van der Waals surface area contributed by atoms with Gasteiger partial charge in [0, 0.05) is 12.4 Å². The van der Waals surface area contributed by atoms with Crippen LogP contribution in [0.5, 0.6) is 0 Å². The van der Waals surface area contributed by atoms with Crippen molar-refractivity contribution in [3.63, 3.8) is 0 Å². The van der Waals surface area contributed by atoms with Crippen LogP contribution in [0.25, 0.3) is 0 Å². The van der Waals surface area contributed by atoms with Crippen LogP contribution < -0.4 is 0 Å². The van der Waals surface area contributed by atoms with Crippen LogP contribution in [0.15, 0.2) is 0 Å². The molecule has 0 spiro atoms. The monoisotopic (exact) mass is 122 g/mol. The molecule has 7 heavy (non-hydrogen) atoms. The van der Waals surface area contributed by atoms with Gasteiger partial charge in [0.1, 0.15) is 0 Å². The van der Waals surface area contributed by atoms with Crippen molar-refractivity contribution in [1.82, 2.24) is 0 Å². The molecule has 0 aromatic rings. The van der Waals surface area contributed by atoms with E-state index in [0.717, 1.165) is 18.6 Å². The normalized spacial score (nSPS) is 9.43. The van der Waals surface area contributed by atoms with E-state index in [1.165, 1.54) is 0 Å². The highest BCUT2D eigenvalue weighted by molar-refractivity contribution is 7.93. The molecule has 0 amide bonds. The van der Waals surface area contributed by atoms with Crippen LogP contribution >= 0.6 is 12.0 Å². The molecule has 0 unspecified atom stereocenters. The molecule has 0 rings (SSSR count). The SMILES string of the molecule is CCOCCSO. The summed E-state index contributed by atoms with van der Waals surface area (Å²) in [5, 5.41) is 0. The van der Waals surface area contributed by atoms with Crippen LogP contribution in [-0.2, 0) is 4.74 Å². The maximum Gasteiger partial charge on any atom is 0.0578 e. The molecular formula is C4H10O2S. The maximum atomic E-state index is 8.13. The third-order valence-corrected chi connectivity index (χ3v) is 0.872. The van der Waals surface area contributed by atoms with E-state index >= 15 is 0 Å². The first-order chi connectivity index (χ1) is 3.41. The minimum absolute atomic E-state index is 0.650. The summed E-state index contributed by atoms with van der Waals surface area (Å²) >= 11 is 0.817. The Kier molecular flexibility index (Phi) is 6.51. The van der Waals surface area contributed by atoms with Crippen LogP contribution in [0.2, 0.25) is 0 Å². The molecule has 3 heteroatoms. The summed E-state index contributed by atoms with van der Waals surface area (Å²) < 4.78 is 13.0. The zero-order valence-corrected chi connectivity index (χ0v) is 5.20. The van der Waals surface area contributed by atoms with E-state index in [1.807, 2.05) is 6.92 Å². The van der Waals surface area contributed by atoms with Crippen molar-refractivity contribution in [2.24, 2.45) is 0 Å². The van der Waals surface area contributed by atoms with E-state index in [4.69, 9.17) is 9.29 Å². The molecule has 1 N–H and O–H groups in total. The Labute approximate surface area is 48.1 Å². The first-order valence-corrected chi connectivity index (χ1v) is 3.20. The van der Waals surface area contributed by atoms with E-state index in [0.29, 0.717) is 12.4 Å². The summed E-state index contributed by atoms with van der Waals surface area (Å²) in [6, 6.07) is 0. The number of hydrogen-bond donors (Lipinski definition) is 1. The standard InChI is InChI=1S/C4H10O2S/c1-2-6-3-4-7-5/h5H,2-4H2,1H3. The summed E-state index contributed by atoms with van der Waals surface area (Å²) in [6.07, 6.45) is 0. The molecule has 2 nitrogen and oxygen atoms in total. The summed E-state index contributed by atoms with van der Waals surface area (Å²) in [5.74, 6) is 0.674. The van der Waals surface area contributed by atoms with Crippen molar-refractivity contribution in [3.05, 3.63) is 0 Å². The molecule has 0 saturated heterocycles. The summed E-state index contributed by atoms with van der Waals surface area (Å²) in [4.78, 5) is 0. The van der Waals surface area contributed by atoms with Crippen molar-refractivity contribution in [2.75, 3.05) is 19.0 Å². The molecule has 0 atom stereocenters. The number of rotatable bonds is 4. The molecule has 0 saturated carbocycles. The second kappa shape index (κ2) is 6.27. The molecular weight excluding hydrogens is 112 g/mol. The van der Waals surface area contributed by atoms with Gasteiger partial charge in [0.25, 0.3) is 0 Å². The minimum atomic E-state index is 0.650. The van der Waals surface area contributed by atoms with Gasteiger partial charge in [-0.1, -0.05) is 0 Å². The Morgan fingerprint density at radius 2 is 2.43 bits per heavy atom. The van der Waals surface area contributed by atoms with Gasteiger partial charge >= 0.3 is 0 Å². The minimum Gasteiger partial charge on any atom is -0.381 e. The van der Waals surface area contributed by atoms with Gasteiger partial charge < -0.3 is 9.29 Å². The predicted molar refractivity (Wildman–Crippen MR) is 31.6 cm³/mol. The molecule has 0 fully saturated rings. The lowest BCUT2D eigenvalue weighted by molar-refractivity contribution is 0.164. The van der Waals surface area contributed by atoms with E-state index in [9.17, 15) is 0 Å². The average molecular weight is 122 g/mol. The zero-order valence-electron chi connectivity index (χ0n) is 4.39. The Hall–Kier alpha value is 0.270. The Balaban J connectivity index is 2.45. The van der Waals surface area contributed by atoms with Crippen molar-refractivity contribution >= 4 is 12.0 Å². The smallest absolute Gasteiger partial charge is 0.0578 e. The number of ether oxygens (including phenoxy) is 1. The second-order valence-corrected chi connectivity index (χ2v) is 1.70. The molecule has 0 radical (unpaired) electrons. The van der Waals surface area contributed by atoms with Crippen LogP contribution in [0.4, 0.5) is 0 Å². The van der Waals surface area contributed by atoms with Gasteiger partial charge in [0.15, 0.2) is 0 Å². The summed E-state index contributed by atoms with van der Waals surface area (Å²) in [5.41, 5.74) is 0. The molecule has 0 aromatic heterocycles. The van der Waals surface area contributed by atoms with Crippen molar-refractivity contribution in [3.8, 4) is 0 Å². The van der Waals surface area contributed by atoms with Crippen LogP contribution in [0.3, 0.4) is 0 Å². The fourth-order valence-electron chi connectivity index (χ4n) is 0.241. The maximum absolute atomic E-state index is 8.13. The highest BCUT2D eigenvalue weighted by Crippen LogP contribution is 1.88.